The molecule has 79 heavy (non-hydrogen) atoms. The second kappa shape index (κ2) is 29.8. The highest BCUT2D eigenvalue weighted by molar-refractivity contribution is 5.89. The van der Waals surface area contributed by atoms with Gasteiger partial charge < -0.3 is 58.3 Å². The van der Waals surface area contributed by atoms with Crippen molar-refractivity contribution in [2.24, 2.45) is 0 Å². The molecule has 2 amide bonds. The van der Waals surface area contributed by atoms with E-state index in [1.165, 1.54) is 53.9 Å². The highest BCUT2D eigenvalue weighted by Gasteiger charge is 2.30. The number of nitrogens with zero attached hydrogens (tertiary/aromatic N) is 5. The number of carboxylic acids is 2. The number of hydrogen-bond donors (Lipinski definition) is 4. The van der Waals surface area contributed by atoms with E-state index in [9.17, 15) is 57.4 Å². The van der Waals surface area contributed by atoms with E-state index in [-0.39, 0.29) is 67.4 Å². The van der Waals surface area contributed by atoms with Gasteiger partial charge in [-0.15, -0.1) is 12.4 Å². The van der Waals surface area contributed by atoms with Crippen LogP contribution in [0, 0.1) is 25.5 Å². The molecule has 3 atom stereocenters. The quantitative estimate of drug-likeness (QED) is 0.0615. The molecule has 3 unspecified atom stereocenters. The summed E-state index contributed by atoms with van der Waals surface area (Å²) >= 11 is 0. The summed E-state index contributed by atoms with van der Waals surface area (Å²) in [6.45, 7) is 8.56. The lowest BCUT2D eigenvalue weighted by atomic mass is 10.0. The first kappa shape index (κ1) is 62.0. The number of benzene rings is 2. The number of aromatic nitrogens is 3. The van der Waals surface area contributed by atoms with Gasteiger partial charge in [-0.2, -0.15) is 0 Å². The third-order valence-electron chi connectivity index (χ3n) is 13.4. The van der Waals surface area contributed by atoms with Crippen molar-refractivity contribution >= 4 is 42.5 Å². The predicted molar refractivity (Wildman–Crippen MR) is 288 cm³/mol. The van der Waals surface area contributed by atoms with Crippen LogP contribution in [0.25, 0.3) is 0 Å². The van der Waals surface area contributed by atoms with Crippen molar-refractivity contribution in [1.29, 1.82) is 0 Å². The number of carbonyl (C=O) groups is 5. The van der Waals surface area contributed by atoms with Gasteiger partial charge in [-0.3, -0.25) is 14.4 Å². The lowest BCUT2D eigenvalue weighted by Crippen LogP contribution is -2.46. The number of piperidine rings is 3. The molecule has 0 spiro atoms. The second-order valence-corrected chi connectivity index (χ2v) is 19.4. The van der Waals surface area contributed by atoms with Crippen molar-refractivity contribution in [3.05, 3.63) is 167 Å². The van der Waals surface area contributed by atoms with E-state index in [0.29, 0.717) is 54.4 Å². The van der Waals surface area contributed by atoms with E-state index in [0.717, 1.165) is 64.0 Å². The van der Waals surface area contributed by atoms with Crippen LogP contribution in [0.4, 0.5) is 18.4 Å². The molecule has 3 saturated heterocycles. The zero-order valence-corrected chi connectivity index (χ0v) is 45.1. The number of rotatable bonds is 14. The van der Waals surface area contributed by atoms with Crippen LogP contribution >= 0.6 is 12.4 Å². The monoisotopic (exact) mass is 1120 g/mol. The summed E-state index contributed by atoms with van der Waals surface area (Å²) < 4.78 is 47.1. The molecule has 3 aliphatic rings. The molecule has 3 aliphatic heterocycles. The molecule has 6 heterocycles. The maximum Gasteiger partial charge on any atom is 0.410 e. The zero-order valence-electron chi connectivity index (χ0n) is 44.3. The van der Waals surface area contributed by atoms with Crippen LogP contribution < -0.4 is 21.6 Å². The van der Waals surface area contributed by atoms with E-state index in [1.807, 2.05) is 4.57 Å². The molecule has 23 heteroatoms. The minimum Gasteiger partial charge on any atom is -0.503 e. The molecule has 3 aromatic heterocycles. The van der Waals surface area contributed by atoms with E-state index >= 15 is 0 Å². The minimum absolute atomic E-state index is 0. The Morgan fingerprint density at radius 1 is 0.595 bits per heavy atom. The van der Waals surface area contributed by atoms with Gasteiger partial charge in [0.25, 0.3) is 0 Å². The van der Waals surface area contributed by atoms with Gasteiger partial charge in [0.2, 0.25) is 5.43 Å². The highest BCUT2D eigenvalue weighted by atomic mass is 35.5. The number of carboxylic acid groups (broad SMARTS) is 2. The number of likely N-dealkylation sites (tertiary alicyclic amines) is 2. The van der Waals surface area contributed by atoms with Crippen molar-refractivity contribution in [3.63, 3.8) is 0 Å². The number of amides is 2. The first-order chi connectivity index (χ1) is 37.3. The fourth-order valence-electron chi connectivity index (χ4n) is 9.55. The number of aryl methyl sites for hydroxylation is 2. The number of halogens is 3. The van der Waals surface area contributed by atoms with Gasteiger partial charge in [0.05, 0.1) is 18.7 Å². The topological polar surface area (TPSA) is 258 Å². The third-order valence-corrected chi connectivity index (χ3v) is 13.4. The molecule has 2 aromatic carbocycles. The number of nitrogens with one attached hydrogen (secondary N) is 1. The second-order valence-electron chi connectivity index (χ2n) is 19.4. The summed E-state index contributed by atoms with van der Waals surface area (Å²) in [5, 5.41) is 31.6. The summed E-state index contributed by atoms with van der Waals surface area (Å²) in [5.74, 6) is -4.72. The van der Waals surface area contributed by atoms with Gasteiger partial charge in [0, 0.05) is 87.1 Å². The normalized spacial score (nSPS) is 16.8. The van der Waals surface area contributed by atoms with Crippen LogP contribution in [0.5, 0.6) is 5.75 Å². The number of pyridine rings is 3. The molecule has 4 N–H and O–H groups in total. The summed E-state index contributed by atoms with van der Waals surface area (Å²) in [6.07, 6.45) is 16.0. The maximum atomic E-state index is 13.3. The number of esters is 1. The van der Waals surface area contributed by atoms with Crippen LogP contribution in [0.3, 0.4) is 0 Å². The lowest BCUT2D eigenvalue weighted by molar-refractivity contribution is 0.0521. The Morgan fingerprint density at radius 2 is 1.05 bits per heavy atom. The average Bonchev–Trinajstić information content (AvgIpc) is 3.45. The molecular weight excluding hydrogens is 1050 g/mol. The molecule has 5 aromatic rings. The fourth-order valence-corrected chi connectivity index (χ4v) is 9.55. The van der Waals surface area contributed by atoms with Crippen molar-refractivity contribution < 1.29 is 62.3 Å². The molecule has 8 rings (SSSR count). The number of hydrogen-bond acceptors (Lipinski definition) is 13. The molecule has 0 saturated carbocycles. The lowest BCUT2D eigenvalue weighted by Gasteiger charge is -2.35. The van der Waals surface area contributed by atoms with Crippen molar-refractivity contribution in [2.45, 2.75) is 130 Å². The van der Waals surface area contributed by atoms with Crippen LogP contribution in [0.2, 0.25) is 0 Å². The zero-order chi connectivity index (χ0) is 56.5. The number of aromatic carboxylic acids is 2. The third kappa shape index (κ3) is 17.8. The largest absolute Gasteiger partial charge is 0.503 e. The van der Waals surface area contributed by atoms with Gasteiger partial charge in [-0.1, -0.05) is 30.7 Å². The first-order valence-corrected chi connectivity index (χ1v) is 25.9. The molecule has 0 aliphatic carbocycles. The smallest absolute Gasteiger partial charge is 0.410 e. The van der Waals surface area contributed by atoms with E-state index in [4.69, 9.17) is 19.3 Å². The fraction of sp³-hybridized carbons (Fsp3) is 0.429. The van der Waals surface area contributed by atoms with E-state index in [2.05, 4.69) is 5.32 Å². The van der Waals surface area contributed by atoms with Gasteiger partial charge >= 0.3 is 30.1 Å². The average molecular weight is 1120 g/mol. The number of carbonyl (C=O) groups excluding carboxylic acids is 3. The molecule has 0 radical (unpaired) electrons. The van der Waals surface area contributed by atoms with Gasteiger partial charge in [-0.05, 0) is 114 Å². The van der Waals surface area contributed by atoms with Crippen LogP contribution in [-0.4, -0.2) is 113 Å². The van der Waals surface area contributed by atoms with Gasteiger partial charge in [-0.25, -0.2) is 32.8 Å². The van der Waals surface area contributed by atoms with Crippen LogP contribution in [-0.2, 0) is 47.1 Å². The van der Waals surface area contributed by atoms with Crippen LogP contribution in [0.15, 0.2) is 100 Å². The highest BCUT2D eigenvalue weighted by Crippen LogP contribution is 2.23. The minimum atomic E-state index is -1.44. The Balaban J connectivity index is 0.000000221. The molecule has 0 bridgehead atoms. The molecular formula is C56H67ClF2N6O14. The first-order valence-electron chi connectivity index (χ1n) is 25.9. The molecule has 426 valence electrons. The summed E-state index contributed by atoms with van der Waals surface area (Å²) in [6, 6.07) is 11.6. The molecule has 3 fully saturated rings. The summed E-state index contributed by atoms with van der Waals surface area (Å²) in [7, 11) is 0. The Labute approximate surface area is 460 Å². The standard InChI is InChI=1S/C21H23FN2O5.C20H21FN2O6.C15H22N2O3.ClH/c1-14-10-23(12-18(19(14)25)20(26)27)11-17-7-2-3-8-24(17)21(28)29-13-15-5-4-6-16(22)9-15;21-14-5-3-4-13(8-14)12-29-20(28)23-7-2-1-6-15(23)9-22-10-16(19(26)27)18(25)17(24)11-22;1-3-20-15(19)13-10-17(8-11(2)14(13)18)9-12-6-4-5-7-16-12;/h4-6,9-10,12,17H,2-3,7-8,11,13H2,1H3,(H,26,27);3-5,8,10-11,15,24H,1-2,6-7,9,12H2,(H,26,27);8,10,12,16H,3-7,9H2,1-2H3;1H. The maximum absolute atomic E-state index is 13.3. The Morgan fingerprint density at radius 3 is 1.52 bits per heavy atom. The SMILES string of the molecule is CCOC(=O)c1cn(CC2CCCCN2)cc(C)c1=O.Cc1cn(CC2CCCCN2C(=O)OCc2cccc(F)c2)cc(C(=O)O)c1=O.Cl.O=C(O)c1cn(CC2CCCCN2C(=O)OCc2cccc(F)c2)cc(O)c1=O. The van der Waals surface area contributed by atoms with E-state index < -0.39 is 63.9 Å². The Hall–Kier alpha value is -7.85. The summed E-state index contributed by atoms with van der Waals surface area (Å²) in [5.41, 5.74) is -0.404. The summed E-state index contributed by atoms with van der Waals surface area (Å²) in [4.78, 5) is 98.3. The van der Waals surface area contributed by atoms with Gasteiger partial charge in [0.1, 0.15) is 41.5 Å². The number of ether oxygens (including phenoxy) is 3. The predicted octanol–water partition coefficient (Wildman–Crippen LogP) is 7.67. The van der Waals surface area contributed by atoms with E-state index in [1.54, 1.807) is 71.9 Å². The van der Waals surface area contributed by atoms with Gasteiger partial charge in [0.15, 0.2) is 16.6 Å². The Kier molecular flexibility index (Phi) is 23.4. The van der Waals surface area contributed by atoms with Crippen molar-refractivity contribution in [3.8, 4) is 5.75 Å². The number of aromatic hydroxyl groups is 1. The Bertz CT molecular complexity index is 2970. The van der Waals surface area contributed by atoms with Crippen LogP contribution in [0.1, 0.15) is 118 Å². The van der Waals surface area contributed by atoms with Crippen molar-refractivity contribution in [1.82, 2.24) is 28.8 Å². The van der Waals surface area contributed by atoms with Crippen molar-refractivity contribution in [2.75, 3.05) is 26.2 Å². The molecule has 20 nitrogen and oxygen atoms in total.